The second-order valence-corrected chi connectivity index (χ2v) is 6.73. The van der Waals surface area contributed by atoms with Crippen molar-refractivity contribution >= 4 is 17.3 Å². The highest BCUT2D eigenvalue weighted by molar-refractivity contribution is 7.13. The van der Waals surface area contributed by atoms with E-state index in [2.05, 4.69) is 15.5 Å². The number of hydrogen-bond donors (Lipinski definition) is 1. The van der Waals surface area contributed by atoms with E-state index in [1.165, 1.54) is 0 Å². The van der Waals surface area contributed by atoms with Gasteiger partial charge in [0.2, 0.25) is 5.95 Å². The van der Waals surface area contributed by atoms with Gasteiger partial charge in [-0.1, -0.05) is 11.2 Å². The number of nitrogens with zero attached hydrogens (tertiary/aromatic N) is 3. The molecule has 7 heteroatoms. The molecule has 0 aromatic carbocycles. The van der Waals surface area contributed by atoms with Crippen LogP contribution in [0, 0.1) is 6.92 Å². The maximum absolute atomic E-state index is 5.63. The Morgan fingerprint density at radius 3 is 3.08 bits per heavy atom. The zero-order valence-corrected chi connectivity index (χ0v) is 14.2. The highest BCUT2D eigenvalue weighted by Gasteiger charge is 2.18. The van der Waals surface area contributed by atoms with Crippen LogP contribution in [-0.2, 0) is 4.74 Å². The number of rotatable bonds is 5. The molecule has 1 saturated heterocycles. The topological polar surface area (TPSA) is 73.1 Å². The summed E-state index contributed by atoms with van der Waals surface area (Å²) < 4.78 is 11.0. The van der Waals surface area contributed by atoms with Gasteiger partial charge in [0.15, 0.2) is 5.76 Å². The monoisotopic (exact) mass is 342 g/mol. The predicted molar refractivity (Wildman–Crippen MR) is 93.0 cm³/mol. The van der Waals surface area contributed by atoms with Gasteiger partial charge in [0.05, 0.1) is 27.9 Å². The van der Waals surface area contributed by atoms with Crippen LogP contribution in [0.4, 0.5) is 5.95 Å². The van der Waals surface area contributed by atoms with E-state index in [4.69, 9.17) is 14.2 Å². The van der Waals surface area contributed by atoms with Crippen molar-refractivity contribution in [2.75, 3.05) is 18.5 Å². The fourth-order valence-corrected chi connectivity index (χ4v) is 3.48. The number of aryl methyl sites for hydroxylation is 1. The number of aromatic nitrogens is 3. The highest BCUT2D eigenvalue weighted by atomic mass is 32.1. The Morgan fingerprint density at radius 2 is 2.38 bits per heavy atom. The Kier molecular flexibility index (Phi) is 4.27. The van der Waals surface area contributed by atoms with Crippen molar-refractivity contribution in [1.82, 2.24) is 15.1 Å². The quantitative estimate of drug-likeness (QED) is 0.761. The standard InChI is InChI=1S/C17H18N4O2S/c1-11-8-14(23-21-11)13-10-19-17(18-9-12-4-2-6-22-12)20-16(13)15-5-3-7-24-15/h3,5,7-8,10,12H,2,4,6,9H2,1H3,(H,18,19,20). The lowest BCUT2D eigenvalue weighted by atomic mass is 10.1. The summed E-state index contributed by atoms with van der Waals surface area (Å²) in [6, 6.07) is 5.95. The lowest BCUT2D eigenvalue weighted by Gasteiger charge is -2.12. The van der Waals surface area contributed by atoms with E-state index in [0.717, 1.165) is 47.8 Å². The molecule has 1 N–H and O–H groups in total. The maximum atomic E-state index is 5.63. The van der Waals surface area contributed by atoms with Gasteiger partial charge in [0.1, 0.15) is 0 Å². The fraction of sp³-hybridized carbons (Fsp3) is 0.353. The maximum Gasteiger partial charge on any atom is 0.223 e. The molecule has 1 aliphatic heterocycles. The van der Waals surface area contributed by atoms with E-state index in [0.29, 0.717) is 11.7 Å². The molecule has 3 aromatic rings. The molecule has 24 heavy (non-hydrogen) atoms. The Labute approximate surface area is 143 Å². The van der Waals surface area contributed by atoms with E-state index >= 15 is 0 Å². The van der Waals surface area contributed by atoms with Gasteiger partial charge in [0.25, 0.3) is 0 Å². The SMILES string of the molecule is Cc1cc(-c2cnc(NCC3CCCO3)nc2-c2cccs2)on1. The lowest BCUT2D eigenvalue weighted by Crippen LogP contribution is -2.19. The van der Waals surface area contributed by atoms with Crippen molar-refractivity contribution in [2.24, 2.45) is 0 Å². The molecule has 1 aliphatic rings. The molecule has 4 heterocycles. The summed E-state index contributed by atoms with van der Waals surface area (Å²) in [6.45, 7) is 3.47. The van der Waals surface area contributed by atoms with Crippen LogP contribution in [-0.4, -0.2) is 34.4 Å². The van der Waals surface area contributed by atoms with Crippen LogP contribution in [0.1, 0.15) is 18.5 Å². The molecule has 1 atom stereocenters. The third-order valence-corrected chi connectivity index (χ3v) is 4.83. The molecule has 0 radical (unpaired) electrons. The van der Waals surface area contributed by atoms with Gasteiger partial charge >= 0.3 is 0 Å². The zero-order valence-electron chi connectivity index (χ0n) is 13.4. The average molecular weight is 342 g/mol. The van der Waals surface area contributed by atoms with Crippen molar-refractivity contribution in [3.05, 3.63) is 35.5 Å². The third-order valence-electron chi connectivity index (χ3n) is 3.95. The lowest BCUT2D eigenvalue weighted by molar-refractivity contribution is 0.120. The van der Waals surface area contributed by atoms with Crippen molar-refractivity contribution in [3.63, 3.8) is 0 Å². The smallest absolute Gasteiger partial charge is 0.223 e. The average Bonchev–Trinajstić information content (AvgIpc) is 3.35. The summed E-state index contributed by atoms with van der Waals surface area (Å²) >= 11 is 1.64. The van der Waals surface area contributed by atoms with Crippen molar-refractivity contribution in [3.8, 4) is 21.9 Å². The zero-order chi connectivity index (χ0) is 16.4. The molecule has 3 aromatic heterocycles. The Bertz CT molecular complexity index is 810. The molecule has 0 amide bonds. The largest absolute Gasteiger partial charge is 0.376 e. The first kappa shape index (κ1) is 15.3. The summed E-state index contributed by atoms with van der Waals surface area (Å²) in [4.78, 5) is 10.2. The fourth-order valence-electron chi connectivity index (χ4n) is 2.75. The minimum atomic E-state index is 0.246. The van der Waals surface area contributed by atoms with Gasteiger partial charge in [-0.25, -0.2) is 9.97 Å². The Hall–Kier alpha value is -2.25. The first-order valence-electron chi connectivity index (χ1n) is 7.99. The Balaban J connectivity index is 1.64. The molecule has 124 valence electrons. The van der Waals surface area contributed by atoms with Crippen LogP contribution in [0.5, 0.6) is 0 Å². The Morgan fingerprint density at radius 1 is 1.42 bits per heavy atom. The molecule has 6 nitrogen and oxygen atoms in total. The first-order chi connectivity index (χ1) is 11.8. The first-order valence-corrected chi connectivity index (χ1v) is 8.87. The van der Waals surface area contributed by atoms with Crippen LogP contribution in [0.15, 0.2) is 34.3 Å². The van der Waals surface area contributed by atoms with Crippen molar-refractivity contribution in [2.45, 2.75) is 25.9 Å². The van der Waals surface area contributed by atoms with Crippen LogP contribution in [0.3, 0.4) is 0 Å². The van der Waals surface area contributed by atoms with Gasteiger partial charge < -0.3 is 14.6 Å². The second-order valence-electron chi connectivity index (χ2n) is 5.78. The van der Waals surface area contributed by atoms with E-state index in [-0.39, 0.29) is 6.10 Å². The number of ether oxygens (including phenoxy) is 1. The van der Waals surface area contributed by atoms with E-state index in [9.17, 15) is 0 Å². The van der Waals surface area contributed by atoms with Crippen LogP contribution in [0.25, 0.3) is 21.9 Å². The molecule has 0 aliphatic carbocycles. The number of hydrogen-bond acceptors (Lipinski definition) is 7. The molecule has 4 rings (SSSR count). The van der Waals surface area contributed by atoms with Crippen LogP contribution in [0.2, 0.25) is 0 Å². The number of anilines is 1. The van der Waals surface area contributed by atoms with Crippen LogP contribution >= 0.6 is 11.3 Å². The highest BCUT2D eigenvalue weighted by Crippen LogP contribution is 2.33. The molecule has 0 spiro atoms. The number of thiophene rings is 1. The summed E-state index contributed by atoms with van der Waals surface area (Å²) in [5, 5.41) is 9.29. The molecule has 0 saturated carbocycles. The summed E-state index contributed by atoms with van der Waals surface area (Å²) in [6.07, 6.45) is 4.24. The van der Waals surface area contributed by atoms with Crippen molar-refractivity contribution in [1.29, 1.82) is 0 Å². The van der Waals surface area contributed by atoms with Gasteiger partial charge in [-0.05, 0) is 31.2 Å². The van der Waals surface area contributed by atoms with Crippen molar-refractivity contribution < 1.29 is 9.26 Å². The van der Waals surface area contributed by atoms with Gasteiger partial charge in [0, 0.05) is 25.4 Å². The number of nitrogens with one attached hydrogen (secondary N) is 1. The minimum absolute atomic E-state index is 0.246. The molecule has 0 bridgehead atoms. The van der Waals surface area contributed by atoms with E-state index in [1.54, 1.807) is 17.5 Å². The minimum Gasteiger partial charge on any atom is -0.376 e. The van der Waals surface area contributed by atoms with Gasteiger partial charge in [-0.3, -0.25) is 0 Å². The van der Waals surface area contributed by atoms with E-state index < -0.39 is 0 Å². The summed E-state index contributed by atoms with van der Waals surface area (Å²) in [5.41, 5.74) is 2.54. The second kappa shape index (κ2) is 6.70. The predicted octanol–water partition coefficient (Wildman–Crippen LogP) is 3.76. The van der Waals surface area contributed by atoms with Crippen LogP contribution < -0.4 is 5.32 Å². The summed E-state index contributed by atoms with van der Waals surface area (Å²) in [7, 11) is 0. The third kappa shape index (κ3) is 3.18. The molecular weight excluding hydrogens is 324 g/mol. The van der Waals surface area contributed by atoms with Gasteiger partial charge in [-0.2, -0.15) is 0 Å². The molecule has 1 unspecified atom stereocenters. The van der Waals surface area contributed by atoms with E-state index in [1.807, 2.05) is 30.5 Å². The summed E-state index contributed by atoms with van der Waals surface area (Å²) in [5.74, 6) is 1.29. The molecule has 1 fully saturated rings. The molecular formula is C17H18N4O2S. The normalized spacial score (nSPS) is 17.3. The van der Waals surface area contributed by atoms with Gasteiger partial charge in [-0.15, -0.1) is 11.3 Å².